The fraction of sp³-hybridized carbons (Fsp3) is 0.769. The van der Waals surface area contributed by atoms with Gasteiger partial charge in [0.05, 0.1) is 0 Å². The van der Waals surface area contributed by atoms with E-state index in [0.717, 1.165) is 0 Å². The average molecular weight is 288 g/mol. The van der Waals surface area contributed by atoms with E-state index in [1.165, 1.54) is 0 Å². The Labute approximate surface area is 118 Å². The molecule has 0 aliphatic heterocycles. The van der Waals surface area contributed by atoms with Crippen molar-refractivity contribution in [2.45, 2.75) is 52.6 Å². The summed E-state index contributed by atoms with van der Waals surface area (Å²) >= 11 is 0. The topological polar surface area (TPSA) is 116 Å². The van der Waals surface area contributed by atoms with Crippen LogP contribution in [0.25, 0.3) is 0 Å². The van der Waals surface area contributed by atoms with E-state index in [2.05, 4.69) is 10.6 Å². The largest absolute Gasteiger partial charge is 0.480 e. The van der Waals surface area contributed by atoms with Gasteiger partial charge in [0.2, 0.25) is 5.91 Å². The van der Waals surface area contributed by atoms with Gasteiger partial charge >= 0.3 is 12.1 Å². The number of carboxylic acids is 1. The molecule has 0 bridgehead atoms. The van der Waals surface area contributed by atoms with Crippen molar-refractivity contribution in [1.29, 1.82) is 0 Å². The lowest BCUT2D eigenvalue weighted by molar-refractivity contribution is -0.143. The number of rotatable bonds is 8. The van der Waals surface area contributed by atoms with Crippen LogP contribution in [0.3, 0.4) is 0 Å². The third-order valence-electron chi connectivity index (χ3n) is 3.55. The predicted octanol–water partition coefficient (Wildman–Crippen LogP) is 1.28. The number of hydrogen-bond acceptors (Lipinski definition) is 3. The first-order valence-corrected chi connectivity index (χ1v) is 6.77. The number of nitrogens with one attached hydrogen (secondary N) is 2. The molecule has 0 saturated heterocycles. The van der Waals surface area contributed by atoms with Gasteiger partial charge in [-0.05, 0) is 11.8 Å². The van der Waals surface area contributed by atoms with Crippen LogP contribution in [-0.4, -0.2) is 40.3 Å². The molecule has 0 rings (SSSR count). The van der Waals surface area contributed by atoms with Gasteiger partial charge in [-0.1, -0.05) is 40.5 Å². The van der Waals surface area contributed by atoms with E-state index in [1.807, 2.05) is 13.8 Å². The first kappa shape index (κ1) is 18.2. The van der Waals surface area contributed by atoms with Crippen molar-refractivity contribution in [3.63, 3.8) is 0 Å². The number of aliphatic carboxylic acids is 1. The Morgan fingerprint density at radius 2 is 1.35 bits per heavy atom. The monoisotopic (exact) mass is 288 g/mol. The molecular weight excluding hydrogens is 264 g/mol. The van der Waals surface area contributed by atoms with E-state index in [0.29, 0.717) is 12.8 Å². The summed E-state index contributed by atoms with van der Waals surface area (Å²) in [6, 6.07) is -1.97. The van der Waals surface area contributed by atoms with Crippen LogP contribution in [0.15, 0.2) is 0 Å². The van der Waals surface area contributed by atoms with Crippen molar-refractivity contribution in [3.8, 4) is 0 Å². The molecule has 0 saturated carbocycles. The molecule has 4 N–H and O–H groups in total. The molecule has 0 aliphatic carbocycles. The molecule has 20 heavy (non-hydrogen) atoms. The van der Waals surface area contributed by atoms with E-state index >= 15 is 0 Å². The molecular formula is C13H24N2O5. The summed E-state index contributed by atoms with van der Waals surface area (Å²) in [5.74, 6) is -2.18. The van der Waals surface area contributed by atoms with Crippen molar-refractivity contribution in [2.75, 3.05) is 0 Å². The first-order valence-electron chi connectivity index (χ1n) is 6.77. The van der Waals surface area contributed by atoms with E-state index in [1.54, 1.807) is 13.8 Å². The van der Waals surface area contributed by atoms with Crippen LogP contribution >= 0.6 is 0 Å². The van der Waals surface area contributed by atoms with Gasteiger partial charge < -0.3 is 20.8 Å². The molecule has 0 fully saturated rings. The maximum Gasteiger partial charge on any atom is 0.405 e. The SMILES string of the molecule is CCC(C)[C@H](NC(=O)[C@@H](NC(=O)O)C(C)CC)C(=O)O. The number of hydrogen-bond donors (Lipinski definition) is 4. The summed E-state index contributed by atoms with van der Waals surface area (Å²) < 4.78 is 0. The van der Waals surface area contributed by atoms with Crippen LogP contribution < -0.4 is 10.6 Å². The minimum Gasteiger partial charge on any atom is -0.480 e. The van der Waals surface area contributed by atoms with Gasteiger partial charge in [0.15, 0.2) is 0 Å². The standard InChI is InChI=1S/C13H24N2O5/c1-5-7(3)9(15-13(19)20)11(16)14-10(12(17)18)8(4)6-2/h7-10,15H,5-6H2,1-4H3,(H,14,16)(H,17,18)(H,19,20)/t7?,8?,9-,10-/m0/s1. The molecule has 0 radical (unpaired) electrons. The molecule has 0 heterocycles. The highest BCUT2D eigenvalue weighted by Crippen LogP contribution is 2.12. The Hall–Kier alpha value is -1.79. The lowest BCUT2D eigenvalue weighted by Crippen LogP contribution is -2.55. The summed E-state index contributed by atoms with van der Waals surface area (Å²) in [6.45, 7) is 7.12. The highest BCUT2D eigenvalue weighted by Gasteiger charge is 2.31. The Kier molecular flexibility index (Phi) is 7.64. The van der Waals surface area contributed by atoms with Crippen molar-refractivity contribution in [1.82, 2.24) is 10.6 Å². The van der Waals surface area contributed by atoms with Crippen LogP contribution in [0.2, 0.25) is 0 Å². The summed E-state index contributed by atoms with van der Waals surface area (Å²) in [4.78, 5) is 34.0. The van der Waals surface area contributed by atoms with E-state index in [4.69, 9.17) is 10.2 Å². The Morgan fingerprint density at radius 1 is 0.900 bits per heavy atom. The summed E-state index contributed by atoms with van der Waals surface area (Å²) in [7, 11) is 0. The van der Waals surface area contributed by atoms with Crippen molar-refractivity contribution in [3.05, 3.63) is 0 Å². The molecule has 2 unspecified atom stereocenters. The van der Waals surface area contributed by atoms with Crippen molar-refractivity contribution in [2.24, 2.45) is 11.8 Å². The normalized spacial score (nSPS) is 16.6. The van der Waals surface area contributed by atoms with Gasteiger partial charge in [0, 0.05) is 0 Å². The summed E-state index contributed by atoms with van der Waals surface area (Å²) in [6.07, 6.45) is -0.113. The van der Waals surface area contributed by atoms with Crippen LogP contribution in [0.5, 0.6) is 0 Å². The maximum atomic E-state index is 12.1. The highest BCUT2D eigenvalue weighted by atomic mass is 16.4. The van der Waals surface area contributed by atoms with Gasteiger partial charge in [0.1, 0.15) is 12.1 Å². The van der Waals surface area contributed by atoms with Crippen LogP contribution in [-0.2, 0) is 9.59 Å². The number of amides is 2. The molecule has 0 aromatic rings. The van der Waals surface area contributed by atoms with E-state index in [9.17, 15) is 14.4 Å². The van der Waals surface area contributed by atoms with Crippen molar-refractivity contribution >= 4 is 18.0 Å². The third kappa shape index (κ3) is 5.46. The zero-order chi connectivity index (χ0) is 15.9. The molecule has 0 spiro atoms. The van der Waals surface area contributed by atoms with Crippen LogP contribution in [0.1, 0.15) is 40.5 Å². The van der Waals surface area contributed by atoms with Crippen molar-refractivity contribution < 1.29 is 24.6 Å². The second-order valence-corrected chi connectivity index (χ2v) is 5.02. The maximum absolute atomic E-state index is 12.1. The van der Waals surface area contributed by atoms with Gasteiger partial charge in [-0.25, -0.2) is 9.59 Å². The van der Waals surface area contributed by atoms with Gasteiger partial charge in [-0.15, -0.1) is 0 Å². The summed E-state index contributed by atoms with van der Waals surface area (Å²) in [5.41, 5.74) is 0. The van der Waals surface area contributed by atoms with Gasteiger partial charge in [-0.3, -0.25) is 4.79 Å². The highest BCUT2D eigenvalue weighted by molar-refractivity contribution is 5.89. The quantitative estimate of drug-likeness (QED) is 0.537. The Morgan fingerprint density at radius 3 is 1.70 bits per heavy atom. The zero-order valence-corrected chi connectivity index (χ0v) is 12.3. The molecule has 4 atom stereocenters. The molecule has 0 aromatic heterocycles. The number of carbonyl (C=O) groups excluding carboxylic acids is 1. The molecule has 0 aliphatic rings. The number of carboxylic acid groups (broad SMARTS) is 2. The molecule has 7 heteroatoms. The van der Waals surface area contributed by atoms with Crippen LogP contribution in [0.4, 0.5) is 4.79 Å². The smallest absolute Gasteiger partial charge is 0.405 e. The lowest BCUT2D eigenvalue weighted by atomic mass is 9.95. The Bertz CT molecular complexity index is 359. The minimum absolute atomic E-state index is 0.225. The molecule has 116 valence electrons. The molecule has 0 aromatic carbocycles. The van der Waals surface area contributed by atoms with Gasteiger partial charge in [0.25, 0.3) is 0 Å². The predicted molar refractivity (Wildman–Crippen MR) is 73.4 cm³/mol. The number of carbonyl (C=O) groups is 3. The fourth-order valence-corrected chi connectivity index (χ4v) is 1.76. The summed E-state index contributed by atoms with van der Waals surface area (Å²) in [5, 5.41) is 22.5. The molecule has 2 amide bonds. The average Bonchev–Trinajstić information content (AvgIpc) is 2.39. The second kappa shape index (κ2) is 8.39. The minimum atomic E-state index is -1.30. The first-order chi connectivity index (χ1) is 9.24. The van der Waals surface area contributed by atoms with E-state index in [-0.39, 0.29) is 11.8 Å². The second-order valence-electron chi connectivity index (χ2n) is 5.02. The van der Waals surface area contributed by atoms with E-state index < -0.39 is 30.1 Å². The van der Waals surface area contributed by atoms with Gasteiger partial charge in [-0.2, -0.15) is 0 Å². The van der Waals surface area contributed by atoms with Crippen LogP contribution in [0, 0.1) is 11.8 Å². The third-order valence-corrected chi connectivity index (χ3v) is 3.55. The fourth-order valence-electron chi connectivity index (χ4n) is 1.76. The lowest BCUT2D eigenvalue weighted by Gasteiger charge is -2.26. The molecule has 7 nitrogen and oxygen atoms in total. The Balaban J connectivity index is 4.96. The zero-order valence-electron chi connectivity index (χ0n) is 12.3.